The molecule has 4 aromatic rings. The van der Waals surface area contributed by atoms with E-state index in [2.05, 4.69) is 5.32 Å². The minimum absolute atomic E-state index is 0.00347. The molecule has 0 radical (unpaired) electrons. The zero-order chi connectivity index (χ0) is 33.7. The molecular weight excluding hydrogens is 746 g/mol. The van der Waals surface area contributed by atoms with Crippen molar-refractivity contribution in [1.82, 2.24) is 9.88 Å². The number of aromatic nitrogens is 1. The Morgan fingerprint density at radius 2 is 1.38 bits per heavy atom. The van der Waals surface area contributed by atoms with Crippen LogP contribution in [0.4, 0.5) is 13.2 Å². The third-order valence-corrected chi connectivity index (χ3v) is 9.80. The number of hydrogen-bond acceptors (Lipinski definition) is 7. The van der Waals surface area contributed by atoms with E-state index in [0.717, 1.165) is 28.5 Å². The van der Waals surface area contributed by atoms with Gasteiger partial charge in [0, 0.05) is 40.6 Å². The quantitative estimate of drug-likeness (QED) is 0.260. The Balaban J connectivity index is 0.000000385. The molecule has 0 atom stereocenters. The van der Waals surface area contributed by atoms with Crippen LogP contribution in [0.3, 0.4) is 0 Å². The van der Waals surface area contributed by atoms with Crippen molar-refractivity contribution in [3.8, 4) is 5.69 Å². The molecule has 3 N–H and O–H groups in total. The molecule has 9 nitrogen and oxygen atoms in total. The summed E-state index contributed by atoms with van der Waals surface area (Å²) in [5.41, 5.74) is 5.40. The lowest BCUT2D eigenvalue weighted by molar-refractivity contribution is -0.137. The summed E-state index contributed by atoms with van der Waals surface area (Å²) in [7, 11) is -6.42. The number of rotatable bonds is 7. The van der Waals surface area contributed by atoms with Crippen molar-refractivity contribution >= 4 is 48.2 Å². The maximum absolute atomic E-state index is 13.1. The van der Waals surface area contributed by atoms with Crippen LogP contribution < -0.4 is 16.6 Å². The number of hydrogen-bond donors (Lipinski definition) is 2. The van der Waals surface area contributed by atoms with Gasteiger partial charge < -0.3 is 11.1 Å². The minimum Gasteiger partial charge on any atom is -0.348 e. The fourth-order valence-electron chi connectivity index (χ4n) is 3.97. The third-order valence-electron chi connectivity index (χ3n) is 6.45. The number of nitrogens with zero attached hydrogens (tertiary/aromatic N) is 1. The third kappa shape index (κ3) is 9.48. The van der Waals surface area contributed by atoms with Crippen molar-refractivity contribution < 1.29 is 34.8 Å². The van der Waals surface area contributed by atoms with Gasteiger partial charge in [-0.1, -0.05) is 30.3 Å². The summed E-state index contributed by atoms with van der Waals surface area (Å²) >= 11 is 1.91. The van der Waals surface area contributed by atoms with Crippen LogP contribution in [0.5, 0.6) is 0 Å². The van der Waals surface area contributed by atoms with Crippen LogP contribution in [-0.2, 0) is 38.9 Å². The summed E-state index contributed by atoms with van der Waals surface area (Å²) in [4.78, 5) is 26.3. The molecule has 15 heteroatoms. The van der Waals surface area contributed by atoms with Crippen LogP contribution in [-0.4, -0.2) is 39.8 Å². The molecule has 0 aliphatic rings. The van der Waals surface area contributed by atoms with E-state index in [4.69, 9.17) is 5.73 Å². The second-order valence-electron chi connectivity index (χ2n) is 9.90. The molecule has 4 rings (SSSR count). The van der Waals surface area contributed by atoms with Crippen LogP contribution in [0.2, 0.25) is 0 Å². The largest absolute Gasteiger partial charge is 0.416 e. The van der Waals surface area contributed by atoms with Crippen molar-refractivity contribution in [3.05, 3.63) is 121 Å². The van der Waals surface area contributed by atoms with Gasteiger partial charge in [0.1, 0.15) is 5.56 Å². The van der Waals surface area contributed by atoms with E-state index < -0.39 is 42.9 Å². The highest BCUT2D eigenvalue weighted by Crippen LogP contribution is 2.30. The van der Waals surface area contributed by atoms with Crippen LogP contribution in [0.15, 0.2) is 93.4 Å². The normalized spacial score (nSPS) is 11.8. The Hall–Kier alpha value is -3.54. The van der Waals surface area contributed by atoms with E-state index >= 15 is 0 Å². The molecule has 0 aliphatic heterocycles. The van der Waals surface area contributed by atoms with Gasteiger partial charge in [-0.25, -0.2) is 16.8 Å². The summed E-state index contributed by atoms with van der Waals surface area (Å²) in [5, 5.41) is 2.59. The smallest absolute Gasteiger partial charge is 0.348 e. The fraction of sp³-hybridized carbons (Fsp3) is 0.200. The Labute approximate surface area is 272 Å². The first-order valence-electron chi connectivity index (χ1n) is 13.0. The molecule has 240 valence electrons. The number of amides is 1. The molecule has 0 spiro atoms. The number of alkyl halides is 3. The summed E-state index contributed by atoms with van der Waals surface area (Å²) in [6.45, 7) is 2.04. The zero-order valence-corrected chi connectivity index (χ0v) is 28.0. The highest BCUT2D eigenvalue weighted by atomic mass is 127. The number of nitrogens with one attached hydrogen (secondary N) is 1. The average molecular weight is 776 g/mol. The Morgan fingerprint density at radius 1 is 0.867 bits per heavy atom. The molecule has 1 aromatic heterocycles. The SMILES string of the molecule is CS(=O)(=O)c1ccc(CN)cc1.Cc1c(I)cc(C(=O)NCc2ccc(S(C)(=O)=O)cc2)c(=O)n1-c1cccc(C(F)(F)F)c1. The summed E-state index contributed by atoms with van der Waals surface area (Å²) in [6.07, 6.45) is -2.31. The molecule has 0 aliphatic carbocycles. The van der Waals surface area contributed by atoms with E-state index in [0.29, 0.717) is 26.3 Å². The van der Waals surface area contributed by atoms with Crippen molar-refractivity contribution in [3.63, 3.8) is 0 Å². The van der Waals surface area contributed by atoms with Crippen molar-refractivity contribution in [2.24, 2.45) is 5.73 Å². The first-order chi connectivity index (χ1) is 20.8. The molecule has 0 saturated carbocycles. The molecule has 45 heavy (non-hydrogen) atoms. The van der Waals surface area contributed by atoms with Crippen LogP contribution in [0, 0.1) is 10.5 Å². The van der Waals surface area contributed by atoms with E-state index in [9.17, 15) is 39.6 Å². The Kier molecular flexibility index (Phi) is 11.4. The summed E-state index contributed by atoms with van der Waals surface area (Å²) < 4.78 is 86.1. The maximum atomic E-state index is 13.1. The summed E-state index contributed by atoms with van der Waals surface area (Å²) in [6, 6.07) is 18.2. The van der Waals surface area contributed by atoms with Crippen LogP contribution >= 0.6 is 22.6 Å². The van der Waals surface area contributed by atoms with Crippen LogP contribution in [0.1, 0.15) is 32.7 Å². The highest BCUT2D eigenvalue weighted by Gasteiger charge is 2.31. The Morgan fingerprint density at radius 3 is 1.84 bits per heavy atom. The molecule has 1 heterocycles. The molecule has 0 fully saturated rings. The van der Waals surface area contributed by atoms with E-state index in [1.54, 1.807) is 31.2 Å². The second kappa shape index (κ2) is 14.3. The van der Waals surface area contributed by atoms with Gasteiger partial charge in [0.15, 0.2) is 19.7 Å². The predicted octanol–water partition coefficient (Wildman–Crippen LogP) is 4.65. The average Bonchev–Trinajstić information content (AvgIpc) is 2.97. The number of carbonyl (C=O) groups is 1. The number of sulfone groups is 2. The molecular formula is C30H29F3IN3O6S2. The van der Waals surface area contributed by atoms with Gasteiger partial charge in [-0.05, 0) is 89.2 Å². The lowest BCUT2D eigenvalue weighted by Crippen LogP contribution is -2.33. The van der Waals surface area contributed by atoms with Gasteiger partial charge in [0.2, 0.25) is 0 Å². The highest BCUT2D eigenvalue weighted by molar-refractivity contribution is 14.1. The monoisotopic (exact) mass is 775 g/mol. The Bertz CT molecular complexity index is 1980. The molecule has 3 aromatic carbocycles. The molecule has 0 bridgehead atoms. The number of halogens is 4. The van der Waals surface area contributed by atoms with Gasteiger partial charge in [0.05, 0.1) is 15.4 Å². The predicted molar refractivity (Wildman–Crippen MR) is 173 cm³/mol. The van der Waals surface area contributed by atoms with Crippen molar-refractivity contribution in [2.45, 2.75) is 36.0 Å². The number of nitrogens with two attached hydrogens (primary N) is 1. The standard InChI is InChI=1S/C22H18F3IN2O4S.C8H11NO2S/c1-13-19(26)11-18(20(29)27-12-14-6-8-17(9-7-14)33(2,31)32)21(30)28(13)16-5-3-4-15(10-16)22(23,24)25;1-12(10,11)8-4-2-7(6-9)3-5-8/h3-11H,12H2,1-2H3,(H,27,29);2-5H,6,9H2,1H3. The fourth-order valence-corrected chi connectivity index (χ4v) is 5.79. The lowest BCUT2D eigenvalue weighted by Gasteiger charge is -2.16. The first-order valence-corrected chi connectivity index (χ1v) is 17.8. The van der Waals surface area contributed by atoms with Crippen molar-refractivity contribution in [1.29, 1.82) is 0 Å². The molecule has 0 saturated heterocycles. The van der Waals surface area contributed by atoms with Gasteiger partial charge in [-0.15, -0.1) is 0 Å². The van der Waals surface area contributed by atoms with Gasteiger partial charge in [-0.2, -0.15) is 13.2 Å². The van der Waals surface area contributed by atoms with Gasteiger partial charge in [0.25, 0.3) is 11.5 Å². The summed E-state index contributed by atoms with van der Waals surface area (Å²) in [5.74, 6) is -0.703. The van der Waals surface area contributed by atoms with Gasteiger partial charge in [-0.3, -0.25) is 14.2 Å². The van der Waals surface area contributed by atoms with Crippen LogP contribution in [0.25, 0.3) is 5.69 Å². The topological polar surface area (TPSA) is 145 Å². The van der Waals surface area contributed by atoms with Gasteiger partial charge >= 0.3 is 6.18 Å². The lowest BCUT2D eigenvalue weighted by atomic mass is 10.1. The minimum atomic E-state index is -4.58. The van der Waals surface area contributed by atoms with E-state index in [1.807, 2.05) is 22.6 Å². The zero-order valence-electron chi connectivity index (χ0n) is 24.2. The van der Waals surface area contributed by atoms with Crippen molar-refractivity contribution in [2.75, 3.05) is 12.5 Å². The number of benzene rings is 3. The molecule has 0 unspecified atom stereocenters. The number of carbonyl (C=O) groups excluding carboxylic acids is 1. The maximum Gasteiger partial charge on any atom is 0.416 e. The van der Waals surface area contributed by atoms with E-state index in [-0.39, 0.29) is 22.7 Å². The van der Waals surface area contributed by atoms with E-state index in [1.165, 1.54) is 48.7 Å². The first kappa shape index (κ1) is 35.9. The molecule has 1 amide bonds. The second-order valence-corrected chi connectivity index (χ2v) is 15.1. The number of pyridine rings is 1.